The summed E-state index contributed by atoms with van der Waals surface area (Å²) in [7, 11) is 1.99. The van der Waals surface area contributed by atoms with Crippen LogP contribution >= 0.6 is 0 Å². The number of likely N-dealkylation sites (tertiary alicyclic amines) is 1. The van der Waals surface area contributed by atoms with Gasteiger partial charge >= 0.3 is 0 Å². The second kappa shape index (κ2) is 6.54. The fraction of sp³-hybridized carbons (Fsp3) is 0.692. The van der Waals surface area contributed by atoms with Gasteiger partial charge in [-0.2, -0.15) is 0 Å². The minimum atomic E-state index is 0.270. The molecule has 1 aliphatic heterocycles. The average molecular weight is 250 g/mol. The van der Waals surface area contributed by atoms with E-state index in [1.54, 1.807) is 12.5 Å². The van der Waals surface area contributed by atoms with Crippen molar-refractivity contribution in [2.45, 2.75) is 25.8 Å². The van der Waals surface area contributed by atoms with E-state index in [0.717, 1.165) is 44.9 Å². The van der Waals surface area contributed by atoms with Crippen LogP contribution in [-0.2, 0) is 11.3 Å². The van der Waals surface area contributed by atoms with Gasteiger partial charge in [-0.05, 0) is 32.4 Å². The third-order valence-corrected chi connectivity index (χ3v) is 3.60. The highest BCUT2D eigenvalue weighted by Gasteiger charge is 2.21. The number of aryl methyl sites for hydroxylation is 1. The number of rotatable bonds is 5. The van der Waals surface area contributed by atoms with E-state index in [1.807, 2.05) is 22.7 Å². The van der Waals surface area contributed by atoms with Gasteiger partial charge in [-0.3, -0.25) is 4.79 Å². The van der Waals surface area contributed by atoms with E-state index >= 15 is 0 Å². The fourth-order valence-corrected chi connectivity index (χ4v) is 2.48. The zero-order valence-corrected chi connectivity index (χ0v) is 11.0. The van der Waals surface area contributed by atoms with Gasteiger partial charge in [0.25, 0.3) is 0 Å². The lowest BCUT2D eigenvalue weighted by Crippen LogP contribution is -2.40. The van der Waals surface area contributed by atoms with Crippen LogP contribution in [0, 0.1) is 5.92 Å². The molecule has 0 bridgehead atoms. The van der Waals surface area contributed by atoms with E-state index in [1.165, 1.54) is 0 Å². The Hall–Kier alpha value is -1.36. The molecule has 5 nitrogen and oxygen atoms in total. The summed E-state index contributed by atoms with van der Waals surface area (Å²) in [5.41, 5.74) is 0. The first-order chi connectivity index (χ1) is 8.79. The Kier molecular flexibility index (Phi) is 4.75. The van der Waals surface area contributed by atoms with Crippen molar-refractivity contribution >= 4 is 5.91 Å². The second-order valence-electron chi connectivity index (χ2n) is 4.93. The zero-order chi connectivity index (χ0) is 12.8. The minimum Gasteiger partial charge on any atom is -0.343 e. The molecule has 18 heavy (non-hydrogen) atoms. The maximum Gasteiger partial charge on any atom is 0.224 e. The number of nitrogens with one attached hydrogen (secondary N) is 1. The molecule has 1 aromatic heterocycles. The number of imidazole rings is 1. The van der Waals surface area contributed by atoms with Crippen LogP contribution in [0.2, 0.25) is 0 Å². The highest BCUT2D eigenvalue weighted by atomic mass is 16.2. The van der Waals surface area contributed by atoms with Gasteiger partial charge in [0, 0.05) is 38.4 Å². The van der Waals surface area contributed by atoms with E-state index in [-0.39, 0.29) is 5.91 Å². The van der Waals surface area contributed by atoms with E-state index in [0.29, 0.717) is 6.42 Å². The van der Waals surface area contributed by atoms with Crippen LogP contribution in [0.15, 0.2) is 18.7 Å². The number of amides is 1. The highest BCUT2D eigenvalue weighted by Crippen LogP contribution is 2.17. The molecule has 0 aliphatic carbocycles. The monoisotopic (exact) mass is 250 g/mol. The average Bonchev–Trinajstić information content (AvgIpc) is 2.90. The summed E-state index contributed by atoms with van der Waals surface area (Å²) >= 11 is 0. The number of nitrogens with zero attached hydrogens (tertiary/aromatic N) is 3. The van der Waals surface area contributed by atoms with Gasteiger partial charge in [0.2, 0.25) is 5.91 Å². The van der Waals surface area contributed by atoms with Crippen LogP contribution in [0.4, 0.5) is 0 Å². The predicted molar refractivity (Wildman–Crippen MR) is 70.1 cm³/mol. The number of carbonyl (C=O) groups excluding carboxylic acids is 1. The molecule has 1 saturated heterocycles. The molecule has 1 aromatic rings. The quantitative estimate of drug-likeness (QED) is 0.838. The first-order valence-electron chi connectivity index (χ1n) is 6.67. The van der Waals surface area contributed by atoms with Crippen molar-refractivity contribution < 1.29 is 4.79 Å². The highest BCUT2D eigenvalue weighted by molar-refractivity contribution is 5.76. The van der Waals surface area contributed by atoms with Gasteiger partial charge in [0.15, 0.2) is 0 Å². The van der Waals surface area contributed by atoms with Crippen LogP contribution in [0.1, 0.15) is 19.3 Å². The topological polar surface area (TPSA) is 50.2 Å². The Balaban J connectivity index is 1.70. The summed E-state index contributed by atoms with van der Waals surface area (Å²) < 4.78 is 1.95. The molecule has 1 aliphatic rings. The molecule has 0 saturated carbocycles. The van der Waals surface area contributed by atoms with Crippen LogP contribution in [0.3, 0.4) is 0 Å². The van der Waals surface area contributed by atoms with Crippen molar-refractivity contribution in [2.24, 2.45) is 5.92 Å². The molecule has 100 valence electrons. The molecule has 1 N–H and O–H groups in total. The minimum absolute atomic E-state index is 0.270. The fourth-order valence-electron chi connectivity index (χ4n) is 2.48. The SMILES string of the molecule is CNCC1CCN(C(=O)CCn2ccnc2)CC1. The summed E-state index contributed by atoms with van der Waals surface area (Å²) in [6.07, 6.45) is 8.22. The standard InChI is InChI=1S/C13H22N4O/c1-14-10-12-2-7-17(8-3-12)13(18)4-6-16-9-5-15-11-16/h5,9,11-12,14H,2-4,6-8,10H2,1H3. The largest absolute Gasteiger partial charge is 0.343 e. The molecule has 0 unspecified atom stereocenters. The van der Waals surface area contributed by atoms with Crippen molar-refractivity contribution in [3.63, 3.8) is 0 Å². The number of piperidine rings is 1. The molecule has 1 amide bonds. The molecule has 0 aromatic carbocycles. The van der Waals surface area contributed by atoms with Crippen LogP contribution in [0.5, 0.6) is 0 Å². The summed E-state index contributed by atoms with van der Waals surface area (Å²) in [6.45, 7) is 3.62. The first-order valence-corrected chi connectivity index (χ1v) is 6.67. The Morgan fingerprint density at radius 2 is 2.22 bits per heavy atom. The van der Waals surface area contributed by atoms with Gasteiger partial charge < -0.3 is 14.8 Å². The van der Waals surface area contributed by atoms with Gasteiger partial charge in [-0.25, -0.2) is 4.98 Å². The number of aromatic nitrogens is 2. The van der Waals surface area contributed by atoms with E-state index in [2.05, 4.69) is 10.3 Å². The van der Waals surface area contributed by atoms with E-state index < -0.39 is 0 Å². The van der Waals surface area contributed by atoms with Gasteiger partial charge in [0.05, 0.1) is 6.33 Å². The predicted octanol–water partition coefficient (Wildman–Crippen LogP) is 0.731. The molecule has 5 heteroatoms. The second-order valence-corrected chi connectivity index (χ2v) is 4.93. The summed E-state index contributed by atoms with van der Waals surface area (Å²) in [4.78, 5) is 18.0. The first kappa shape index (κ1) is 13.1. The molecule has 1 fully saturated rings. The summed E-state index contributed by atoms with van der Waals surface area (Å²) in [5.74, 6) is 0.999. The third-order valence-electron chi connectivity index (χ3n) is 3.60. The van der Waals surface area contributed by atoms with Crippen molar-refractivity contribution in [1.29, 1.82) is 0 Å². The van der Waals surface area contributed by atoms with Crippen LogP contribution in [0.25, 0.3) is 0 Å². The van der Waals surface area contributed by atoms with Gasteiger partial charge in [0.1, 0.15) is 0 Å². The van der Waals surface area contributed by atoms with Crippen LogP contribution < -0.4 is 5.32 Å². The van der Waals surface area contributed by atoms with Crippen molar-refractivity contribution in [1.82, 2.24) is 19.8 Å². The molecular formula is C13H22N4O. The maximum absolute atomic E-state index is 12.0. The van der Waals surface area contributed by atoms with E-state index in [9.17, 15) is 4.79 Å². The van der Waals surface area contributed by atoms with E-state index in [4.69, 9.17) is 0 Å². The maximum atomic E-state index is 12.0. The third kappa shape index (κ3) is 3.57. The lowest BCUT2D eigenvalue weighted by atomic mass is 9.96. The Labute approximate surface area is 108 Å². The molecule has 0 spiro atoms. The number of carbonyl (C=O) groups is 1. The summed E-state index contributed by atoms with van der Waals surface area (Å²) in [5, 5.41) is 3.21. The van der Waals surface area contributed by atoms with Crippen molar-refractivity contribution in [2.75, 3.05) is 26.7 Å². The molecular weight excluding hydrogens is 228 g/mol. The summed E-state index contributed by atoms with van der Waals surface area (Å²) in [6, 6.07) is 0. The smallest absolute Gasteiger partial charge is 0.224 e. The lowest BCUT2D eigenvalue weighted by molar-refractivity contribution is -0.132. The number of hydrogen-bond acceptors (Lipinski definition) is 3. The van der Waals surface area contributed by atoms with Crippen LogP contribution in [-0.4, -0.2) is 47.0 Å². The molecule has 2 rings (SSSR count). The Morgan fingerprint density at radius 1 is 1.44 bits per heavy atom. The van der Waals surface area contributed by atoms with Gasteiger partial charge in [-0.1, -0.05) is 0 Å². The molecule has 0 atom stereocenters. The Bertz CT molecular complexity index is 355. The number of hydrogen-bond donors (Lipinski definition) is 1. The van der Waals surface area contributed by atoms with Crippen molar-refractivity contribution in [3.8, 4) is 0 Å². The molecule has 2 heterocycles. The van der Waals surface area contributed by atoms with Gasteiger partial charge in [-0.15, -0.1) is 0 Å². The zero-order valence-electron chi connectivity index (χ0n) is 11.0. The normalized spacial score (nSPS) is 17.1. The Morgan fingerprint density at radius 3 is 2.83 bits per heavy atom. The molecule has 0 radical (unpaired) electrons. The lowest BCUT2D eigenvalue weighted by Gasteiger charge is -2.32. The van der Waals surface area contributed by atoms with Crippen molar-refractivity contribution in [3.05, 3.63) is 18.7 Å².